The molecule has 460 valence electrons. The number of nitrogens with two attached hydrogens (primary N) is 1. The van der Waals surface area contributed by atoms with Gasteiger partial charge in [-0.25, -0.2) is 23.4 Å². The highest BCUT2D eigenvalue weighted by Gasteiger charge is 2.44. The molecule has 2 aromatic heterocycles. The van der Waals surface area contributed by atoms with Gasteiger partial charge in [0.05, 0.1) is 41.6 Å². The third kappa shape index (κ3) is 20.8. The molecule has 10 N–H and O–H groups in total. The van der Waals surface area contributed by atoms with Crippen molar-refractivity contribution in [3.05, 3.63) is 83.3 Å². The standard InChI is InChI=1S/C60H83N13O11S/c1-11-12-23-44-70-49-50(42-21-16-17-22-43(42)69-52(49)61)73(44)31-19-18-30-62-56-57(84-56)83-51(55(79)72-60(8,9)29-32-82-59(5,6)7)40-25-27-41(28-26-40)68-53(77)38(4)67-54(78)48(37(2)3)71-47(76)36-64-46(75)35-63-45(74)24-15-13-14-20-39-33-65-58(66-34-39)85(10,80)81/h16-17,21-22,25-28,33-34,38,44,51,56-57,62,70H,11-13,15,18-19,23-24,29-32,35-36H2,1-10H3,(H2,61,69)(H,63,74)(H,64,75)(H,67,78)(H,68,77)(H,71,76)(H,72,79)/t38-,44?,51?,56?,57?/m0/s1. The number of nitrogens with one attached hydrogen (secondary N) is 8. The Hall–Kier alpha value is -7.76. The van der Waals surface area contributed by atoms with Crippen molar-refractivity contribution in [2.24, 2.45) is 0 Å². The van der Waals surface area contributed by atoms with Gasteiger partial charge in [0.2, 0.25) is 44.9 Å². The second kappa shape index (κ2) is 30.4. The van der Waals surface area contributed by atoms with E-state index in [-0.39, 0.29) is 34.9 Å². The first-order valence-corrected chi connectivity index (χ1v) is 30.6. The Labute approximate surface area is 498 Å². The number of aromatic nitrogens is 3. The van der Waals surface area contributed by atoms with E-state index < -0.39 is 82.7 Å². The van der Waals surface area contributed by atoms with Crippen LogP contribution in [0.25, 0.3) is 10.9 Å². The highest BCUT2D eigenvalue weighted by molar-refractivity contribution is 7.90. The van der Waals surface area contributed by atoms with Crippen LogP contribution in [0.4, 0.5) is 22.9 Å². The zero-order valence-corrected chi connectivity index (χ0v) is 51.1. The number of fused-ring (bicyclic) bond motifs is 3. The van der Waals surface area contributed by atoms with Gasteiger partial charge in [-0.1, -0.05) is 55.5 Å². The molecule has 0 spiro atoms. The molecule has 2 aliphatic rings. The number of ether oxygens (including phenoxy) is 3. The molecule has 25 heteroatoms. The smallest absolute Gasteiger partial charge is 0.268 e. The third-order valence-electron chi connectivity index (χ3n) is 13.6. The Kier molecular flexibility index (Phi) is 23.7. The zero-order chi connectivity index (χ0) is 62.1. The molecule has 4 aromatic rings. The molecule has 1 fully saturated rings. The molecule has 85 heavy (non-hydrogen) atoms. The van der Waals surface area contributed by atoms with Crippen molar-refractivity contribution in [2.45, 2.75) is 167 Å². The van der Waals surface area contributed by atoms with Gasteiger partial charge in [-0.3, -0.25) is 34.1 Å². The summed E-state index contributed by atoms with van der Waals surface area (Å²) in [7, 11) is -3.53. The van der Waals surface area contributed by atoms with Gasteiger partial charge in [-0.05, 0) is 130 Å². The molecule has 2 aromatic carbocycles. The lowest BCUT2D eigenvalue weighted by Crippen LogP contribution is -2.47. The largest absolute Gasteiger partial charge is 0.382 e. The fourth-order valence-corrected chi connectivity index (χ4v) is 9.43. The first-order valence-electron chi connectivity index (χ1n) is 28.7. The van der Waals surface area contributed by atoms with E-state index in [2.05, 4.69) is 87.2 Å². The van der Waals surface area contributed by atoms with E-state index in [1.54, 1.807) is 38.1 Å². The van der Waals surface area contributed by atoms with E-state index >= 15 is 0 Å². The van der Waals surface area contributed by atoms with Gasteiger partial charge >= 0.3 is 0 Å². The monoisotopic (exact) mass is 1190 g/mol. The lowest BCUT2D eigenvalue weighted by atomic mass is 9.99. The van der Waals surface area contributed by atoms with E-state index in [4.69, 9.17) is 19.9 Å². The number of benzene rings is 2. The highest BCUT2D eigenvalue weighted by Crippen LogP contribution is 2.44. The Morgan fingerprint density at radius 3 is 2.27 bits per heavy atom. The molecule has 5 atom stereocenters. The zero-order valence-electron chi connectivity index (χ0n) is 50.3. The molecule has 0 radical (unpaired) electrons. The van der Waals surface area contributed by atoms with Crippen LogP contribution in [0.2, 0.25) is 0 Å². The van der Waals surface area contributed by atoms with Gasteiger partial charge in [0, 0.05) is 61.3 Å². The summed E-state index contributed by atoms with van der Waals surface area (Å²) in [6.45, 7) is 17.5. The fourth-order valence-electron chi connectivity index (χ4n) is 8.95. The van der Waals surface area contributed by atoms with Crippen molar-refractivity contribution in [3.8, 4) is 11.8 Å². The SMILES string of the molecule is CCCCC1Nc2c(N)nc3ccccc3c2N1CCCCNC1OC1OC(C(=O)NC(C)(C)CCOC(C)(C)C)c1ccc(NC(=O)[C@H](C)NC(=O)C(NC(=O)CNC(=O)CNC(=O)CCCC#Cc2cnc(S(C)(=O)=O)nc2)=C(C)C)cc1. The molecule has 4 heterocycles. The normalized spacial score (nSPS) is 16.1. The molecule has 0 bridgehead atoms. The average molecular weight is 1190 g/mol. The summed E-state index contributed by atoms with van der Waals surface area (Å²) >= 11 is 0. The number of epoxide rings is 1. The maximum Gasteiger partial charge on any atom is 0.268 e. The number of hydrogen-bond donors (Lipinski definition) is 9. The number of pyridine rings is 1. The Morgan fingerprint density at radius 1 is 0.894 bits per heavy atom. The van der Waals surface area contributed by atoms with Crippen LogP contribution in [-0.2, 0) is 52.8 Å². The number of unbranched alkanes of at least 4 members (excludes halogenated alkanes) is 3. The van der Waals surface area contributed by atoms with Gasteiger partial charge < -0.3 is 62.1 Å². The number of nitrogens with zero attached hydrogens (tertiary/aromatic N) is 4. The Balaban J connectivity index is 0.960. The summed E-state index contributed by atoms with van der Waals surface area (Å²) in [6, 6.07) is 13.6. The fraction of sp³-hybridized carbons (Fsp3) is 0.517. The van der Waals surface area contributed by atoms with E-state index in [0.29, 0.717) is 60.6 Å². The van der Waals surface area contributed by atoms with Crippen molar-refractivity contribution in [1.29, 1.82) is 0 Å². The van der Waals surface area contributed by atoms with Gasteiger partial charge in [0.1, 0.15) is 23.2 Å². The summed E-state index contributed by atoms with van der Waals surface area (Å²) in [4.78, 5) is 93.2. The number of sulfone groups is 1. The van der Waals surface area contributed by atoms with Crippen LogP contribution >= 0.6 is 0 Å². The molecular weight excluding hydrogens is 1110 g/mol. The molecular formula is C60H83N13O11S. The van der Waals surface area contributed by atoms with Gasteiger partial charge in [-0.15, -0.1) is 0 Å². The molecule has 4 unspecified atom stereocenters. The van der Waals surface area contributed by atoms with Crippen LogP contribution in [0.5, 0.6) is 0 Å². The maximum absolute atomic E-state index is 14.2. The van der Waals surface area contributed by atoms with E-state index in [1.807, 2.05) is 52.8 Å². The minimum Gasteiger partial charge on any atom is -0.382 e. The van der Waals surface area contributed by atoms with Crippen LogP contribution < -0.4 is 53.2 Å². The van der Waals surface area contributed by atoms with Crippen LogP contribution in [-0.4, -0.2) is 134 Å². The quantitative estimate of drug-likeness (QED) is 0.0109. The number of carbonyl (C=O) groups is 6. The number of carbonyl (C=O) groups excluding carboxylic acids is 6. The number of nitrogen functional groups attached to an aromatic ring is 1. The summed E-state index contributed by atoms with van der Waals surface area (Å²) < 4.78 is 41.3. The van der Waals surface area contributed by atoms with E-state index in [1.165, 1.54) is 19.3 Å². The molecule has 0 saturated carbocycles. The van der Waals surface area contributed by atoms with Gasteiger partial charge in [0.25, 0.3) is 11.8 Å². The van der Waals surface area contributed by atoms with Crippen LogP contribution in [0.1, 0.15) is 137 Å². The van der Waals surface area contributed by atoms with E-state index in [0.717, 1.165) is 67.2 Å². The molecule has 1 saturated heterocycles. The van der Waals surface area contributed by atoms with Crippen molar-refractivity contribution in [2.75, 3.05) is 60.3 Å². The molecule has 24 nitrogen and oxygen atoms in total. The van der Waals surface area contributed by atoms with E-state index in [9.17, 15) is 37.2 Å². The Bertz CT molecular complexity index is 3230. The highest BCUT2D eigenvalue weighted by atomic mass is 32.2. The lowest BCUT2D eigenvalue weighted by Gasteiger charge is -2.30. The van der Waals surface area contributed by atoms with Crippen molar-refractivity contribution < 1.29 is 51.4 Å². The Morgan fingerprint density at radius 2 is 1.59 bits per heavy atom. The molecule has 0 aliphatic carbocycles. The predicted molar refractivity (Wildman–Crippen MR) is 324 cm³/mol. The summed E-state index contributed by atoms with van der Waals surface area (Å²) in [6.07, 6.45) is 7.62. The maximum atomic E-state index is 14.2. The summed E-state index contributed by atoms with van der Waals surface area (Å²) in [5.41, 5.74) is 9.87. The lowest BCUT2D eigenvalue weighted by molar-refractivity contribution is -0.139. The number of para-hydroxylation sites is 1. The van der Waals surface area contributed by atoms with Crippen molar-refractivity contribution in [1.82, 2.24) is 46.9 Å². The van der Waals surface area contributed by atoms with Crippen molar-refractivity contribution >= 4 is 79.1 Å². The number of allylic oxidation sites excluding steroid dienone is 1. The number of hydrogen-bond acceptors (Lipinski definition) is 18. The average Bonchev–Trinajstić information content (AvgIpc) is 1.96. The van der Waals surface area contributed by atoms with Crippen molar-refractivity contribution in [3.63, 3.8) is 0 Å². The van der Waals surface area contributed by atoms with Gasteiger partial charge in [0.15, 0.2) is 12.3 Å². The first-order chi connectivity index (χ1) is 40.2. The molecule has 2 aliphatic heterocycles. The topological polar surface area (TPSA) is 332 Å². The molecule has 6 rings (SSSR count). The minimum absolute atomic E-state index is 0.0681. The van der Waals surface area contributed by atoms with Crippen LogP contribution in [0.15, 0.2) is 77.4 Å². The summed E-state index contributed by atoms with van der Waals surface area (Å²) in [5, 5.41) is 23.7. The number of anilines is 4. The van der Waals surface area contributed by atoms with Crippen LogP contribution in [0, 0.1) is 11.8 Å². The first kappa shape index (κ1) is 66.4. The second-order valence-electron chi connectivity index (χ2n) is 22.9. The molecule has 6 amide bonds. The number of amides is 6. The van der Waals surface area contributed by atoms with Crippen LogP contribution in [0.3, 0.4) is 0 Å². The minimum atomic E-state index is -3.53. The van der Waals surface area contributed by atoms with Gasteiger partial charge in [-0.2, -0.15) is 0 Å². The predicted octanol–water partition coefficient (Wildman–Crippen LogP) is 4.98. The second-order valence-corrected chi connectivity index (χ2v) is 24.8. The summed E-state index contributed by atoms with van der Waals surface area (Å²) in [5.74, 6) is 2.64. The number of rotatable bonds is 30. The third-order valence-corrected chi connectivity index (χ3v) is 14.4.